The maximum Gasteiger partial charge on any atom is 0.237 e. The maximum atomic E-state index is 12.4. The molecule has 124 valence electrons. The van der Waals surface area contributed by atoms with Gasteiger partial charge in [0.05, 0.1) is 28.9 Å². The van der Waals surface area contributed by atoms with Crippen molar-refractivity contribution < 1.29 is 13.2 Å². The van der Waals surface area contributed by atoms with Crippen LogP contribution in [0.2, 0.25) is 4.34 Å². The Morgan fingerprint density at radius 3 is 2.68 bits per heavy atom. The number of sulfone groups is 1. The Labute approximate surface area is 140 Å². The van der Waals surface area contributed by atoms with Gasteiger partial charge in [-0.2, -0.15) is 0 Å². The Morgan fingerprint density at radius 1 is 1.45 bits per heavy atom. The molecule has 1 saturated heterocycles. The van der Waals surface area contributed by atoms with Crippen LogP contribution in [0.5, 0.6) is 0 Å². The highest BCUT2D eigenvalue weighted by atomic mass is 35.5. The third-order valence-electron chi connectivity index (χ3n) is 3.93. The number of carbonyl (C=O) groups excluding carboxylic acids is 1. The Balaban J connectivity index is 1.91. The molecule has 1 unspecified atom stereocenters. The van der Waals surface area contributed by atoms with Gasteiger partial charge in [-0.15, -0.1) is 11.3 Å². The van der Waals surface area contributed by atoms with E-state index in [9.17, 15) is 13.2 Å². The van der Waals surface area contributed by atoms with Gasteiger partial charge in [0.15, 0.2) is 9.84 Å². The summed E-state index contributed by atoms with van der Waals surface area (Å²) in [5.41, 5.74) is 0. The van der Waals surface area contributed by atoms with E-state index in [1.807, 2.05) is 31.0 Å². The lowest BCUT2D eigenvalue weighted by Gasteiger charge is -2.27. The largest absolute Gasteiger partial charge is 0.337 e. The van der Waals surface area contributed by atoms with Crippen LogP contribution in [-0.4, -0.2) is 61.8 Å². The minimum absolute atomic E-state index is 0.0128. The van der Waals surface area contributed by atoms with Gasteiger partial charge in [-0.05, 0) is 32.5 Å². The molecule has 22 heavy (non-hydrogen) atoms. The Kier molecular flexibility index (Phi) is 5.87. The number of hydrogen-bond acceptors (Lipinski definition) is 5. The first-order valence-electron chi connectivity index (χ1n) is 7.23. The number of thiophene rings is 1. The van der Waals surface area contributed by atoms with Gasteiger partial charge in [-0.1, -0.05) is 11.6 Å². The summed E-state index contributed by atoms with van der Waals surface area (Å²) in [6.45, 7) is 3.34. The fourth-order valence-electron chi connectivity index (χ4n) is 2.57. The molecule has 5 nitrogen and oxygen atoms in total. The molecule has 1 aromatic heterocycles. The average Bonchev–Trinajstić information content (AvgIpc) is 3.01. The van der Waals surface area contributed by atoms with Gasteiger partial charge in [0, 0.05) is 17.5 Å². The quantitative estimate of drug-likeness (QED) is 0.773. The Bertz CT molecular complexity index is 630. The van der Waals surface area contributed by atoms with Crippen LogP contribution in [0.25, 0.3) is 0 Å². The highest BCUT2D eigenvalue weighted by Crippen LogP contribution is 2.23. The number of rotatable bonds is 6. The van der Waals surface area contributed by atoms with Gasteiger partial charge in [0.2, 0.25) is 5.91 Å². The summed E-state index contributed by atoms with van der Waals surface area (Å²) in [4.78, 5) is 17.1. The van der Waals surface area contributed by atoms with E-state index in [2.05, 4.69) is 0 Å². The smallest absolute Gasteiger partial charge is 0.237 e. The molecule has 0 bridgehead atoms. The zero-order valence-electron chi connectivity index (χ0n) is 12.8. The van der Waals surface area contributed by atoms with E-state index < -0.39 is 9.84 Å². The zero-order chi connectivity index (χ0) is 16.3. The molecule has 1 aliphatic rings. The molecule has 0 saturated carbocycles. The van der Waals surface area contributed by atoms with Gasteiger partial charge >= 0.3 is 0 Å². The van der Waals surface area contributed by atoms with Crippen molar-refractivity contribution in [3.8, 4) is 0 Å². The third kappa shape index (κ3) is 4.68. The van der Waals surface area contributed by atoms with Crippen molar-refractivity contribution in [3.05, 3.63) is 21.3 Å². The van der Waals surface area contributed by atoms with E-state index in [4.69, 9.17) is 11.6 Å². The topological polar surface area (TPSA) is 57.7 Å². The van der Waals surface area contributed by atoms with Gasteiger partial charge in [-0.3, -0.25) is 9.69 Å². The lowest BCUT2D eigenvalue weighted by atomic mass is 10.2. The molecule has 0 N–H and O–H groups in total. The van der Waals surface area contributed by atoms with Crippen molar-refractivity contribution >= 4 is 38.7 Å². The predicted molar refractivity (Wildman–Crippen MR) is 90.1 cm³/mol. The SMILES string of the molecule is CCN(Cc1ccc(Cl)s1)C(=O)CN(C)C1CCS(=O)(=O)C1. The first kappa shape index (κ1) is 17.7. The van der Waals surface area contributed by atoms with E-state index in [1.165, 1.54) is 11.3 Å². The molecule has 1 aliphatic heterocycles. The second-order valence-corrected chi connectivity index (χ2v) is 9.61. The van der Waals surface area contributed by atoms with E-state index in [0.717, 1.165) is 4.88 Å². The molecule has 0 spiro atoms. The van der Waals surface area contributed by atoms with Crippen LogP contribution in [0.3, 0.4) is 0 Å². The first-order chi connectivity index (χ1) is 10.3. The third-order valence-corrected chi connectivity index (χ3v) is 6.89. The number of carbonyl (C=O) groups is 1. The number of likely N-dealkylation sites (N-methyl/N-ethyl adjacent to an activating group) is 2. The second kappa shape index (κ2) is 7.29. The first-order valence-corrected chi connectivity index (χ1v) is 10.2. The van der Waals surface area contributed by atoms with Crippen LogP contribution in [0.1, 0.15) is 18.2 Å². The number of nitrogens with zero attached hydrogens (tertiary/aromatic N) is 2. The van der Waals surface area contributed by atoms with Crippen LogP contribution >= 0.6 is 22.9 Å². The van der Waals surface area contributed by atoms with Crippen LogP contribution < -0.4 is 0 Å². The second-order valence-electron chi connectivity index (χ2n) is 5.59. The monoisotopic (exact) mass is 364 g/mol. The molecule has 0 aliphatic carbocycles. The van der Waals surface area contributed by atoms with Crippen molar-refractivity contribution in [2.75, 3.05) is 31.6 Å². The summed E-state index contributed by atoms with van der Waals surface area (Å²) in [6, 6.07) is 3.70. The molecule has 1 aromatic rings. The summed E-state index contributed by atoms with van der Waals surface area (Å²) < 4.78 is 23.8. The molecule has 1 atom stereocenters. The van der Waals surface area contributed by atoms with Crippen molar-refractivity contribution in [2.45, 2.75) is 25.9 Å². The minimum Gasteiger partial charge on any atom is -0.337 e. The van der Waals surface area contributed by atoms with Crippen LogP contribution in [0, 0.1) is 0 Å². The van der Waals surface area contributed by atoms with Crippen LogP contribution in [0.15, 0.2) is 12.1 Å². The summed E-state index contributed by atoms with van der Waals surface area (Å²) in [5.74, 6) is 0.393. The highest BCUT2D eigenvalue weighted by molar-refractivity contribution is 7.91. The number of halogens is 1. The zero-order valence-corrected chi connectivity index (χ0v) is 15.2. The van der Waals surface area contributed by atoms with Crippen LogP contribution in [-0.2, 0) is 21.2 Å². The fraction of sp³-hybridized carbons (Fsp3) is 0.643. The Morgan fingerprint density at radius 2 is 2.18 bits per heavy atom. The molecule has 0 radical (unpaired) electrons. The van der Waals surface area contributed by atoms with Crippen molar-refractivity contribution in [1.29, 1.82) is 0 Å². The van der Waals surface area contributed by atoms with Gasteiger partial charge in [0.25, 0.3) is 0 Å². The van der Waals surface area contributed by atoms with E-state index >= 15 is 0 Å². The summed E-state index contributed by atoms with van der Waals surface area (Å²) in [5, 5.41) is 0. The number of amides is 1. The molecule has 1 fully saturated rings. The molecular weight excluding hydrogens is 344 g/mol. The molecule has 1 amide bonds. The van der Waals surface area contributed by atoms with Gasteiger partial charge in [-0.25, -0.2) is 8.42 Å². The highest BCUT2D eigenvalue weighted by Gasteiger charge is 2.31. The lowest BCUT2D eigenvalue weighted by molar-refractivity contribution is -0.132. The van der Waals surface area contributed by atoms with Crippen molar-refractivity contribution in [1.82, 2.24) is 9.80 Å². The Hall–Kier alpha value is -0.630. The van der Waals surface area contributed by atoms with E-state index in [1.54, 1.807) is 4.90 Å². The standard InChI is InChI=1S/C14H21ClN2O3S2/c1-3-17(8-12-4-5-13(15)21-12)14(18)9-16(2)11-6-7-22(19,20)10-11/h4-5,11H,3,6-10H2,1-2H3. The molecule has 0 aromatic carbocycles. The molecular formula is C14H21ClN2O3S2. The van der Waals surface area contributed by atoms with E-state index in [0.29, 0.717) is 23.8 Å². The normalized spacial score (nSPS) is 20.5. The fourth-order valence-corrected chi connectivity index (χ4v) is 5.48. The van der Waals surface area contributed by atoms with E-state index in [-0.39, 0.29) is 30.0 Å². The van der Waals surface area contributed by atoms with Crippen molar-refractivity contribution in [3.63, 3.8) is 0 Å². The van der Waals surface area contributed by atoms with Crippen molar-refractivity contribution in [2.24, 2.45) is 0 Å². The lowest BCUT2D eigenvalue weighted by Crippen LogP contribution is -2.42. The van der Waals surface area contributed by atoms with Crippen LogP contribution in [0.4, 0.5) is 0 Å². The molecule has 8 heteroatoms. The molecule has 2 rings (SSSR count). The molecule has 2 heterocycles. The summed E-state index contributed by atoms with van der Waals surface area (Å²) >= 11 is 7.39. The predicted octanol–water partition coefficient (Wildman–Crippen LogP) is 1.87. The minimum atomic E-state index is -2.93. The average molecular weight is 365 g/mol. The maximum absolute atomic E-state index is 12.4. The summed E-state index contributed by atoms with van der Waals surface area (Å²) in [6.07, 6.45) is 0.610. The summed E-state index contributed by atoms with van der Waals surface area (Å²) in [7, 11) is -1.11. The number of hydrogen-bond donors (Lipinski definition) is 0. The van der Waals surface area contributed by atoms with Gasteiger partial charge in [0.1, 0.15) is 0 Å². The van der Waals surface area contributed by atoms with Gasteiger partial charge < -0.3 is 4.90 Å².